The van der Waals surface area contributed by atoms with Crippen molar-refractivity contribution in [2.45, 2.75) is 41.7 Å². The highest BCUT2D eigenvalue weighted by Crippen LogP contribution is 2.51. The number of aliphatic imine (C=N–C) groups is 1. The zero-order valence-corrected chi connectivity index (χ0v) is 15.1. The van der Waals surface area contributed by atoms with E-state index in [1.54, 1.807) is 7.11 Å². The average molecular weight is 336 g/mol. The van der Waals surface area contributed by atoms with Crippen LogP contribution < -0.4 is 10.6 Å². The summed E-state index contributed by atoms with van der Waals surface area (Å²) in [5.41, 5.74) is 0. The fourth-order valence-electron chi connectivity index (χ4n) is 2.41. The van der Waals surface area contributed by atoms with Crippen molar-refractivity contribution < 1.29 is 4.74 Å². The predicted octanol–water partition coefficient (Wildman–Crippen LogP) is 3.29. The number of rotatable bonds is 10. The summed E-state index contributed by atoms with van der Waals surface area (Å²) >= 11 is 1.99. The van der Waals surface area contributed by atoms with Gasteiger partial charge in [0.05, 0.1) is 0 Å². The SMILES string of the molecule is CN=C(NCCCCCOC)NCC1(Sc2ccccc2)CC1. The maximum Gasteiger partial charge on any atom is 0.191 e. The number of unbranched alkanes of at least 4 members (excludes halogenated alkanes) is 2. The Hall–Kier alpha value is -1.20. The van der Waals surface area contributed by atoms with Crippen molar-refractivity contribution in [3.8, 4) is 0 Å². The summed E-state index contributed by atoms with van der Waals surface area (Å²) in [6, 6.07) is 10.7. The van der Waals surface area contributed by atoms with Crippen LogP contribution in [0.4, 0.5) is 0 Å². The first-order chi connectivity index (χ1) is 11.3. The minimum absolute atomic E-state index is 0.345. The molecule has 0 aromatic heterocycles. The van der Waals surface area contributed by atoms with Crippen molar-refractivity contribution in [2.75, 3.05) is 33.9 Å². The number of benzene rings is 1. The van der Waals surface area contributed by atoms with Crippen LogP contribution in [0.5, 0.6) is 0 Å². The van der Waals surface area contributed by atoms with Crippen molar-refractivity contribution in [1.29, 1.82) is 0 Å². The highest BCUT2D eigenvalue weighted by atomic mass is 32.2. The molecule has 0 saturated heterocycles. The number of nitrogens with one attached hydrogen (secondary N) is 2. The third-order valence-electron chi connectivity index (χ3n) is 4.00. The van der Waals surface area contributed by atoms with E-state index in [0.717, 1.165) is 38.5 Å². The molecule has 0 amide bonds. The Balaban J connectivity index is 1.65. The molecule has 0 heterocycles. The third-order valence-corrected chi connectivity index (χ3v) is 5.50. The first-order valence-corrected chi connectivity index (χ1v) is 9.27. The molecule has 0 unspecified atom stereocenters. The second kappa shape index (κ2) is 9.83. The molecule has 23 heavy (non-hydrogen) atoms. The monoisotopic (exact) mass is 335 g/mol. The van der Waals surface area contributed by atoms with E-state index in [1.165, 1.54) is 24.2 Å². The molecule has 0 spiro atoms. The van der Waals surface area contributed by atoms with Gasteiger partial charge in [-0.25, -0.2) is 0 Å². The van der Waals surface area contributed by atoms with E-state index < -0.39 is 0 Å². The summed E-state index contributed by atoms with van der Waals surface area (Å²) in [7, 11) is 3.59. The maximum absolute atomic E-state index is 5.06. The van der Waals surface area contributed by atoms with Gasteiger partial charge in [-0.2, -0.15) is 0 Å². The lowest BCUT2D eigenvalue weighted by molar-refractivity contribution is 0.192. The van der Waals surface area contributed by atoms with Crippen molar-refractivity contribution >= 4 is 17.7 Å². The zero-order chi connectivity index (χ0) is 16.4. The molecule has 4 nitrogen and oxygen atoms in total. The Morgan fingerprint density at radius 1 is 1.17 bits per heavy atom. The van der Waals surface area contributed by atoms with E-state index in [9.17, 15) is 0 Å². The van der Waals surface area contributed by atoms with Crippen LogP contribution in [0.15, 0.2) is 40.2 Å². The van der Waals surface area contributed by atoms with Crippen LogP contribution in [0, 0.1) is 0 Å². The van der Waals surface area contributed by atoms with E-state index in [4.69, 9.17) is 4.74 Å². The van der Waals surface area contributed by atoms with Crippen molar-refractivity contribution in [3.63, 3.8) is 0 Å². The summed E-state index contributed by atoms with van der Waals surface area (Å²) in [6.45, 7) is 2.78. The van der Waals surface area contributed by atoms with Crippen LogP contribution in [-0.2, 0) is 4.74 Å². The molecule has 1 aliphatic rings. The number of thioether (sulfide) groups is 1. The van der Waals surface area contributed by atoms with Gasteiger partial charge in [0.2, 0.25) is 0 Å². The van der Waals surface area contributed by atoms with Crippen molar-refractivity contribution in [1.82, 2.24) is 10.6 Å². The number of ether oxygens (including phenoxy) is 1. The largest absolute Gasteiger partial charge is 0.385 e. The summed E-state index contributed by atoms with van der Waals surface area (Å²) in [5.74, 6) is 0.914. The van der Waals surface area contributed by atoms with Crippen LogP contribution in [0.3, 0.4) is 0 Å². The molecular formula is C18H29N3OS. The predicted molar refractivity (Wildman–Crippen MR) is 99.4 cm³/mol. The van der Waals surface area contributed by atoms with Crippen LogP contribution in [-0.4, -0.2) is 44.6 Å². The average Bonchev–Trinajstić information content (AvgIpc) is 3.34. The third kappa shape index (κ3) is 6.83. The van der Waals surface area contributed by atoms with Gasteiger partial charge in [-0.05, 0) is 44.2 Å². The van der Waals surface area contributed by atoms with Gasteiger partial charge in [0.25, 0.3) is 0 Å². The van der Waals surface area contributed by atoms with Crippen molar-refractivity contribution in [3.05, 3.63) is 30.3 Å². The fraction of sp³-hybridized carbons (Fsp3) is 0.611. The first kappa shape index (κ1) is 18.1. The Morgan fingerprint density at radius 3 is 2.61 bits per heavy atom. The quantitative estimate of drug-likeness (QED) is 0.391. The van der Waals surface area contributed by atoms with Crippen molar-refractivity contribution in [2.24, 2.45) is 4.99 Å². The van der Waals surface area contributed by atoms with Gasteiger partial charge in [0, 0.05) is 43.5 Å². The van der Waals surface area contributed by atoms with Crippen LogP contribution in [0.1, 0.15) is 32.1 Å². The summed E-state index contributed by atoms with van der Waals surface area (Å²) in [6.07, 6.45) is 6.00. The first-order valence-electron chi connectivity index (χ1n) is 8.45. The van der Waals surface area contributed by atoms with E-state index in [1.807, 2.05) is 18.8 Å². The van der Waals surface area contributed by atoms with E-state index in [2.05, 4.69) is 46.0 Å². The molecule has 1 aromatic carbocycles. The summed E-state index contributed by atoms with van der Waals surface area (Å²) in [5, 5.41) is 6.89. The van der Waals surface area contributed by atoms with E-state index >= 15 is 0 Å². The van der Waals surface area contributed by atoms with E-state index in [-0.39, 0.29) is 0 Å². The second-order valence-electron chi connectivity index (χ2n) is 6.00. The molecule has 128 valence electrons. The molecule has 5 heteroatoms. The Morgan fingerprint density at radius 2 is 1.96 bits per heavy atom. The lowest BCUT2D eigenvalue weighted by atomic mass is 10.2. The summed E-state index contributed by atoms with van der Waals surface area (Å²) < 4.78 is 5.41. The van der Waals surface area contributed by atoms with Gasteiger partial charge in [-0.1, -0.05) is 18.2 Å². The van der Waals surface area contributed by atoms with Crippen LogP contribution in [0.25, 0.3) is 0 Å². The highest BCUT2D eigenvalue weighted by Gasteiger charge is 2.43. The topological polar surface area (TPSA) is 45.7 Å². The molecule has 1 saturated carbocycles. The maximum atomic E-state index is 5.06. The van der Waals surface area contributed by atoms with Gasteiger partial charge in [0.1, 0.15) is 0 Å². The molecule has 1 fully saturated rings. The second-order valence-corrected chi connectivity index (χ2v) is 7.55. The Bertz CT molecular complexity index is 474. The molecule has 2 rings (SSSR count). The van der Waals surface area contributed by atoms with Gasteiger partial charge in [-0.3, -0.25) is 4.99 Å². The number of hydrogen-bond acceptors (Lipinski definition) is 3. The minimum atomic E-state index is 0.345. The van der Waals surface area contributed by atoms with Gasteiger partial charge in [-0.15, -0.1) is 11.8 Å². The zero-order valence-electron chi connectivity index (χ0n) is 14.3. The molecule has 1 aromatic rings. The number of hydrogen-bond donors (Lipinski definition) is 2. The lowest BCUT2D eigenvalue weighted by Crippen LogP contribution is -2.41. The molecule has 2 N–H and O–H groups in total. The minimum Gasteiger partial charge on any atom is -0.385 e. The normalized spacial score (nSPS) is 16.2. The number of methoxy groups -OCH3 is 1. The Labute approximate surface area is 144 Å². The highest BCUT2D eigenvalue weighted by molar-refractivity contribution is 8.01. The smallest absolute Gasteiger partial charge is 0.191 e. The van der Waals surface area contributed by atoms with Gasteiger partial charge in [0.15, 0.2) is 5.96 Å². The standard InChI is InChI=1S/C18H29N3OS/c1-19-17(20-13-7-4-8-14-22-2)21-15-18(11-12-18)23-16-9-5-3-6-10-16/h3,5-6,9-10H,4,7-8,11-15H2,1-2H3,(H2,19,20,21). The summed E-state index contributed by atoms with van der Waals surface area (Å²) in [4.78, 5) is 5.67. The fourth-order valence-corrected chi connectivity index (χ4v) is 3.66. The van der Waals surface area contributed by atoms with E-state index in [0.29, 0.717) is 4.75 Å². The van der Waals surface area contributed by atoms with Crippen LogP contribution in [0.2, 0.25) is 0 Å². The van der Waals surface area contributed by atoms with Gasteiger partial charge >= 0.3 is 0 Å². The molecule has 1 aliphatic carbocycles. The van der Waals surface area contributed by atoms with Gasteiger partial charge < -0.3 is 15.4 Å². The number of nitrogens with zero attached hydrogens (tertiary/aromatic N) is 1. The molecule has 0 radical (unpaired) electrons. The van der Waals surface area contributed by atoms with Crippen LogP contribution >= 0.6 is 11.8 Å². The number of guanidine groups is 1. The molecular weight excluding hydrogens is 306 g/mol. The Kier molecular flexibility index (Phi) is 7.76. The molecule has 0 aliphatic heterocycles. The molecule has 0 bridgehead atoms. The lowest BCUT2D eigenvalue weighted by Gasteiger charge is -2.18. The molecule has 0 atom stereocenters.